The molecule has 0 atom stereocenters. The molecule has 0 saturated heterocycles. The number of aliphatic carboxylic acids is 2. The Hall–Kier alpha value is -0.957. The number of hydrogen-bond acceptors (Lipinski definition) is 2. The fourth-order valence-corrected chi connectivity index (χ4v) is 3.40. The molecular weight excluding hydrogens is 466 g/mol. The van der Waals surface area contributed by atoms with Crippen LogP contribution in [0, 0.1) is 0 Å². The molecule has 0 spiro atoms. The predicted molar refractivity (Wildman–Crippen MR) is 137 cm³/mol. The van der Waals surface area contributed by atoms with Crippen LogP contribution < -0.4 is 0 Å². The SMILES string of the molecule is CCCCCCCCCCC=CCC(=O)O.CCCCCCCCCCC=CCC(=O)O.[Zn]. The van der Waals surface area contributed by atoms with Gasteiger partial charge in [-0.3, -0.25) is 9.59 Å². The van der Waals surface area contributed by atoms with Crippen LogP contribution in [0.15, 0.2) is 24.3 Å². The number of carboxylic acids is 2. The molecule has 0 bridgehead atoms. The maximum atomic E-state index is 10.2. The smallest absolute Gasteiger partial charge is 0.307 e. The van der Waals surface area contributed by atoms with Gasteiger partial charge in [0.05, 0.1) is 12.8 Å². The fraction of sp³-hybridized carbons (Fsp3) is 0.786. The summed E-state index contributed by atoms with van der Waals surface area (Å²) < 4.78 is 0. The minimum atomic E-state index is -0.743. The summed E-state index contributed by atoms with van der Waals surface area (Å²) in [5.41, 5.74) is 0. The number of rotatable bonds is 22. The molecule has 0 rings (SSSR count). The van der Waals surface area contributed by atoms with Crippen molar-refractivity contribution in [2.45, 2.75) is 142 Å². The molecule has 0 amide bonds. The van der Waals surface area contributed by atoms with Crippen LogP contribution >= 0.6 is 0 Å². The van der Waals surface area contributed by atoms with Gasteiger partial charge in [0, 0.05) is 19.5 Å². The first-order chi connectivity index (χ1) is 15.5. The van der Waals surface area contributed by atoms with Crippen LogP contribution in [0.25, 0.3) is 0 Å². The Bertz CT molecular complexity index is 419. The molecule has 0 aliphatic carbocycles. The standard InChI is InChI=1S/2C14H26O2.Zn/c2*1-2-3-4-5-6-7-8-9-10-11-12-13-14(15)16;/h2*11-12H,2-10,13H2,1H3,(H,15,16);. The molecule has 0 aromatic heterocycles. The van der Waals surface area contributed by atoms with Gasteiger partial charge in [-0.15, -0.1) is 0 Å². The van der Waals surface area contributed by atoms with E-state index in [1.165, 1.54) is 103 Å². The molecule has 33 heavy (non-hydrogen) atoms. The van der Waals surface area contributed by atoms with Gasteiger partial charge in [0.15, 0.2) is 0 Å². The number of carbonyl (C=O) groups is 2. The quantitative estimate of drug-likeness (QED) is 0.0852. The molecule has 0 aromatic carbocycles. The molecule has 0 unspecified atom stereocenters. The zero-order chi connectivity index (χ0) is 24.1. The van der Waals surface area contributed by atoms with E-state index in [-0.39, 0.29) is 32.3 Å². The molecule has 0 fully saturated rings. The van der Waals surface area contributed by atoms with Crippen molar-refractivity contribution in [3.8, 4) is 0 Å². The van der Waals surface area contributed by atoms with Crippen LogP contribution in [-0.2, 0) is 29.1 Å². The van der Waals surface area contributed by atoms with E-state index in [2.05, 4.69) is 13.8 Å². The molecule has 4 nitrogen and oxygen atoms in total. The summed E-state index contributed by atoms with van der Waals surface area (Å²) in [7, 11) is 0. The molecule has 0 radical (unpaired) electrons. The van der Waals surface area contributed by atoms with E-state index in [4.69, 9.17) is 10.2 Å². The third-order valence-corrected chi connectivity index (χ3v) is 5.37. The van der Waals surface area contributed by atoms with Crippen LogP contribution in [0.3, 0.4) is 0 Å². The van der Waals surface area contributed by atoms with Crippen LogP contribution in [-0.4, -0.2) is 22.2 Å². The second-order valence-electron chi connectivity index (χ2n) is 8.67. The van der Waals surface area contributed by atoms with Gasteiger partial charge in [-0.25, -0.2) is 0 Å². The first-order valence-electron chi connectivity index (χ1n) is 13.3. The third-order valence-electron chi connectivity index (χ3n) is 5.37. The maximum absolute atomic E-state index is 10.2. The topological polar surface area (TPSA) is 74.6 Å². The first kappa shape index (κ1) is 36.6. The monoisotopic (exact) mass is 516 g/mol. The summed E-state index contributed by atoms with van der Waals surface area (Å²) in [6.07, 6.45) is 31.1. The van der Waals surface area contributed by atoms with Crippen molar-refractivity contribution in [1.82, 2.24) is 0 Å². The molecule has 0 aromatic rings. The average molecular weight is 518 g/mol. The van der Waals surface area contributed by atoms with Crippen molar-refractivity contribution < 1.29 is 39.3 Å². The number of unbranched alkanes of at least 4 members (excludes halogenated alkanes) is 16. The van der Waals surface area contributed by atoms with E-state index in [0.717, 1.165) is 12.8 Å². The van der Waals surface area contributed by atoms with Gasteiger partial charge in [-0.05, 0) is 25.7 Å². The van der Waals surface area contributed by atoms with Gasteiger partial charge in [0.2, 0.25) is 0 Å². The van der Waals surface area contributed by atoms with Gasteiger partial charge in [-0.2, -0.15) is 0 Å². The Morgan fingerprint density at radius 1 is 0.485 bits per heavy atom. The summed E-state index contributed by atoms with van der Waals surface area (Å²) in [6, 6.07) is 0. The molecule has 5 heteroatoms. The van der Waals surface area contributed by atoms with Crippen molar-refractivity contribution in [2.75, 3.05) is 0 Å². The minimum absolute atomic E-state index is 0. The van der Waals surface area contributed by atoms with Crippen molar-refractivity contribution in [3.05, 3.63) is 24.3 Å². The molecule has 0 aliphatic heterocycles. The number of carboxylic acid groups (broad SMARTS) is 2. The Balaban J connectivity index is -0.000000529. The van der Waals surface area contributed by atoms with Crippen molar-refractivity contribution in [3.63, 3.8) is 0 Å². The molecule has 0 saturated carbocycles. The summed E-state index contributed by atoms with van der Waals surface area (Å²) in [4.78, 5) is 20.4. The van der Waals surface area contributed by atoms with E-state index < -0.39 is 11.9 Å². The van der Waals surface area contributed by atoms with Crippen LogP contribution in [0.1, 0.15) is 142 Å². The van der Waals surface area contributed by atoms with Gasteiger partial charge < -0.3 is 10.2 Å². The van der Waals surface area contributed by atoms with Gasteiger partial charge in [0.25, 0.3) is 0 Å². The van der Waals surface area contributed by atoms with E-state index >= 15 is 0 Å². The predicted octanol–water partition coefficient (Wildman–Crippen LogP) is 9.09. The van der Waals surface area contributed by atoms with Gasteiger partial charge >= 0.3 is 11.9 Å². The fourth-order valence-electron chi connectivity index (χ4n) is 3.40. The summed E-state index contributed by atoms with van der Waals surface area (Å²) in [6.45, 7) is 4.48. The minimum Gasteiger partial charge on any atom is -0.481 e. The Morgan fingerprint density at radius 2 is 0.758 bits per heavy atom. The Morgan fingerprint density at radius 3 is 1.03 bits per heavy atom. The Kier molecular flexibility index (Phi) is 36.9. The largest absolute Gasteiger partial charge is 0.481 e. The number of allylic oxidation sites excluding steroid dienone is 2. The zero-order valence-corrected chi connectivity index (χ0v) is 24.8. The Labute approximate surface area is 217 Å². The summed E-state index contributed by atoms with van der Waals surface area (Å²) in [5, 5.41) is 16.8. The third kappa shape index (κ3) is 41.8. The second-order valence-corrected chi connectivity index (χ2v) is 8.67. The van der Waals surface area contributed by atoms with Crippen molar-refractivity contribution in [2.24, 2.45) is 0 Å². The van der Waals surface area contributed by atoms with E-state index in [1.807, 2.05) is 12.2 Å². The number of hydrogen-bond donors (Lipinski definition) is 2. The average Bonchev–Trinajstić information content (AvgIpc) is 2.76. The van der Waals surface area contributed by atoms with E-state index in [0.29, 0.717) is 0 Å². The summed E-state index contributed by atoms with van der Waals surface area (Å²) in [5.74, 6) is -1.49. The van der Waals surface area contributed by atoms with Crippen LogP contribution in [0.4, 0.5) is 0 Å². The van der Waals surface area contributed by atoms with Crippen LogP contribution in [0.2, 0.25) is 0 Å². The van der Waals surface area contributed by atoms with E-state index in [9.17, 15) is 9.59 Å². The van der Waals surface area contributed by atoms with E-state index in [1.54, 1.807) is 12.2 Å². The second kappa shape index (κ2) is 33.2. The van der Waals surface area contributed by atoms with Gasteiger partial charge in [0.1, 0.15) is 0 Å². The molecule has 0 aliphatic rings. The van der Waals surface area contributed by atoms with Crippen molar-refractivity contribution in [1.29, 1.82) is 0 Å². The van der Waals surface area contributed by atoms with Gasteiger partial charge in [-0.1, -0.05) is 128 Å². The summed E-state index contributed by atoms with van der Waals surface area (Å²) >= 11 is 0. The molecule has 190 valence electrons. The van der Waals surface area contributed by atoms with Crippen LogP contribution in [0.5, 0.6) is 0 Å². The normalized spacial score (nSPS) is 10.7. The first-order valence-corrected chi connectivity index (χ1v) is 13.3. The zero-order valence-electron chi connectivity index (χ0n) is 21.9. The molecular formula is C28H52O4Zn. The molecule has 2 N–H and O–H groups in total. The molecule has 0 heterocycles. The van der Waals surface area contributed by atoms with Crippen molar-refractivity contribution >= 4 is 11.9 Å². The maximum Gasteiger partial charge on any atom is 0.307 e.